The van der Waals surface area contributed by atoms with Crippen molar-refractivity contribution in [2.24, 2.45) is 0 Å². The quantitative estimate of drug-likeness (QED) is 0.754. The van der Waals surface area contributed by atoms with Gasteiger partial charge in [-0.3, -0.25) is 4.72 Å². The van der Waals surface area contributed by atoms with E-state index in [-0.39, 0.29) is 22.9 Å². The number of carboxylic acids is 1. The van der Waals surface area contributed by atoms with Crippen LogP contribution in [0.3, 0.4) is 0 Å². The van der Waals surface area contributed by atoms with Gasteiger partial charge in [0.1, 0.15) is 0 Å². The number of hydrogen-bond acceptors (Lipinski definition) is 5. The van der Waals surface area contributed by atoms with E-state index in [1.54, 1.807) is 4.72 Å². The van der Waals surface area contributed by atoms with Crippen molar-refractivity contribution in [2.75, 3.05) is 11.3 Å². The SMILES string of the molecule is CCOC(=O)NS(=O)(=O)Nc1cc(Cl)ccc1C(=O)O. The number of nitrogens with one attached hydrogen (secondary N) is 2. The summed E-state index contributed by atoms with van der Waals surface area (Å²) in [5, 5.41) is 9.06. The summed E-state index contributed by atoms with van der Waals surface area (Å²) in [7, 11) is -4.33. The highest BCUT2D eigenvalue weighted by Gasteiger charge is 2.19. The van der Waals surface area contributed by atoms with Gasteiger partial charge in [0.2, 0.25) is 0 Å². The van der Waals surface area contributed by atoms with Crippen molar-refractivity contribution in [3.63, 3.8) is 0 Å². The molecule has 0 unspecified atom stereocenters. The second-order valence-corrected chi connectivity index (χ2v) is 5.27. The Labute approximate surface area is 119 Å². The number of halogens is 1. The van der Waals surface area contributed by atoms with Crippen molar-refractivity contribution < 1.29 is 27.9 Å². The number of carbonyl (C=O) groups excluding carboxylic acids is 1. The molecule has 0 aliphatic rings. The van der Waals surface area contributed by atoms with Crippen LogP contribution in [0, 0.1) is 0 Å². The number of rotatable bonds is 5. The number of benzene rings is 1. The third-order valence-corrected chi connectivity index (χ3v) is 3.11. The minimum atomic E-state index is -4.33. The third kappa shape index (κ3) is 4.59. The van der Waals surface area contributed by atoms with Gasteiger partial charge in [0.05, 0.1) is 17.9 Å². The molecule has 0 heterocycles. The molecule has 0 saturated carbocycles. The first-order valence-corrected chi connectivity index (χ1v) is 7.11. The van der Waals surface area contributed by atoms with Crippen molar-refractivity contribution in [2.45, 2.75) is 6.92 Å². The zero-order valence-corrected chi connectivity index (χ0v) is 11.8. The number of anilines is 1. The highest BCUT2D eigenvalue weighted by molar-refractivity contribution is 7.91. The van der Waals surface area contributed by atoms with Crippen LogP contribution in [0.1, 0.15) is 17.3 Å². The van der Waals surface area contributed by atoms with Gasteiger partial charge in [0, 0.05) is 5.02 Å². The van der Waals surface area contributed by atoms with Gasteiger partial charge >= 0.3 is 22.3 Å². The lowest BCUT2D eigenvalue weighted by Gasteiger charge is -2.11. The Morgan fingerprint density at radius 1 is 1.40 bits per heavy atom. The average Bonchev–Trinajstić information content (AvgIpc) is 2.26. The van der Waals surface area contributed by atoms with E-state index in [1.807, 2.05) is 4.72 Å². The van der Waals surface area contributed by atoms with Crippen LogP contribution in [0.15, 0.2) is 18.2 Å². The van der Waals surface area contributed by atoms with Gasteiger partial charge in [-0.25, -0.2) is 14.3 Å². The highest BCUT2D eigenvalue weighted by atomic mass is 35.5. The van der Waals surface area contributed by atoms with Crippen molar-refractivity contribution in [3.8, 4) is 0 Å². The van der Waals surface area contributed by atoms with E-state index in [0.717, 1.165) is 12.1 Å². The maximum Gasteiger partial charge on any atom is 0.422 e. The molecule has 0 saturated heterocycles. The van der Waals surface area contributed by atoms with E-state index in [0.29, 0.717) is 0 Å². The van der Waals surface area contributed by atoms with Crippen LogP contribution < -0.4 is 9.44 Å². The van der Waals surface area contributed by atoms with Crippen LogP contribution in [0.4, 0.5) is 10.5 Å². The van der Waals surface area contributed by atoms with Gasteiger partial charge in [-0.1, -0.05) is 11.6 Å². The lowest BCUT2D eigenvalue weighted by molar-refractivity contribution is 0.0698. The molecular weight excluding hydrogens is 312 g/mol. The second-order valence-electron chi connectivity index (χ2n) is 3.42. The molecule has 10 heteroatoms. The zero-order chi connectivity index (χ0) is 15.3. The van der Waals surface area contributed by atoms with Crippen LogP contribution in [-0.4, -0.2) is 32.2 Å². The van der Waals surface area contributed by atoms with Gasteiger partial charge in [-0.05, 0) is 25.1 Å². The maximum absolute atomic E-state index is 11.6. The molecule has 1 aromatic carbocycles. The fraction of sp³-hybridized carbons (Fsp3) is 0.200. The van der Waals surface area contributed by atoms with Gasteiger partial charge in [-0.2, -0.15) is 8.42 Å². The van der Waals surface area contributed by atoms with Crippen LogP contribution in [-0.2, 0) is 14.9 Å². The third-order valence-electron chi connectivity index (χ3n) is 1.95. The summed E-state index contributed by atoms with van der Waals surface area (Å²) in [4.78, 5) is 22.0. The molecule has 0 bridgehead atoms. The minimum Gasteiger partial charge on any atom is -0.478 e. The molecule has 3 N–H and O–H groups in total. The predicted octanol–water partition coefficient (Wildman–Crippen LogP) is 1.44. The zero-order valence-electron chi connectivity index (χ0n) is 10.2. The smallest absolute Gasteiger partial charge is 0.422 e. The predicted molar refractivity (Wildman–Crippen MR) is 71.1 cm³/mol. The van der Waals surface area contributed by atoms with Crippen molar-refractivity contribution in [1.29, 1.82) is 0 Å². The van der Waals surface area contributed by atoms with E-state index in [1.165, 1.54) is 13.0 Å². The lowest BCUT2D eigenvalue weighted by Crippen LogP contribution is -2.36. The fourth-order valence-corrected chi connectivity index (χ4v) is 2.19. The standard InChI is InChI=1S/C10H11ClN2O6S/c1-2-19-10(16)13-20(17,18)12-8-5-6(11)3-4-7(8)9(14)15/h3-5,12H,2H2,1H3,(H,13,16)(H,14,15). The largest absolute Gasteiger partial charge is 0.478 e. The summed E-state index contributed by atoms with van der Waals surface area (Å²) in [5.74, 6) is -1.35. The van der Waals surface area contributed by atoms with Crippen LogP contribution in [0.25, 0.3) is 0 Å². The first-order chi connectivity index (χ1) is 9.25. The molecule has 0 aliphatic heterocycles. The number of carboxylic acid groups (broad SMARTS) is 1. The first-order valence-electron chi connectivity index (χ1n) is 5.25. The fourth-order valence-electron chi connectivity index (χ4n) is 1.23. The van der Waals surface area contributed by atoms with Crippen molar-refractivity contribution >= 4 is 39.6 Å². The molecule has 0 spiro atoms. The van der Waals surface area contributed by atoms with Gasteiger partial charge in [-0.15, -0.1) is 0 Å². The van der Waals surface area contributed by atoms with Crippen LogP contribution >= 0.6 is 11.6 Å². The van der Waals surface area contributed by atoms with Gasteiger partial charge in [0.15, 0.2) is 0 Å². The maximum atomic E-state index is 11.6. The summed E-state index contributed by atoms with van der Waals surface area (Å²) in [6.07, 6.45) is -1.18. The molecule has 8 nitrogen and oxygen atoms in total. The van der Waals surface area contributed by atoms with Crippen LogP contribution in [0.2, 0.25) is 5.02 Å². The first kappa shape index (κ1) is 16.1. The second kappa shape index (κ2) is 6.44. The molecule has 20 heavy (non-hydrogen) atoms. The summed E-state index contributed by atoms with van der Waals surface area (Å²) in [6.45, 7) is 1.48. The number of amides is 1. The molecular formula is C10H11ClN2O6S. The lowest BCUT2D eigenvalue weighted by atomic mass is 10.2. The number of hydrogen-bond donors (Lipinski definition) is 3. The molecule has 1 aromatic rings. The summed E-state index contributed by atoms with van der Waals surface area (Å²) in [5.41, 5.74) is -0.592. The molecule has 0 radical (unpaired) electrons. The summed E-state index contributed by atoms with van der Waals surface area (Å²) in [6, 6.07) is 3.53. The van der Waals surface area contributed by atoms with Crippen LogP contribution in [0.5, 0.6) is 0 Å². The Kier molecular flexibility index (Phi) is 5.17. The molecule has 110 valence electrons. The molecule has 0 aromatic heterocycles. The molecule has 1 amide bonds. The van der Waals surface area contributed by atoms with Crippen molar-refractivity contribution in [3.05, 3.63) is 28.8 Å². The topological polar surface area (TPSA) is 122 Å². The minimum absolute atomic E-state index is 0.0150. The Balaban J connectivity index is 3.00. The highest BCUT2D eigenvalue weighted by Crippen LogP contribution is 2.21. The normalized spacial score (nSPS) is 10.7. The van der Waals surface area contributed by atoms with Gasteiger partial charge < -0.3 is 9.84 Å². The van der Waals surface area contributed by atoms with E-state index < -0.39 is 22.3 Å². The van der Waals surface area contributed by atoms with E-state index in [4.69, 9.17) is 16.7 Å². The Morgan fingerprint density at radius 3 is 2.60 bits per heavy atom. The molecule has 0 aliphatic carbocycles. The van der Waals surface area contributed by atoms with Crippen molar-refractivity contribution in [1.82, 2.24) is 4.72 Å². The summed E-state index contributed by atoms with van der Waals surface area (Å²) >= 11 is 5.67. The summed E-state index contributed by atoms with van der Waals surface area (Å²) < 4.78 is 31.1. The average molecular weight is 323 g/mol. The van der Waals surface area contributed by atoms with Gasteiger partial charge in [0.25, 0.3) is 0 Å². The number of aromatic carboxylic acids is 1. The monoisotopic (exact) mass is 322 g/mol. The molecule has 0 fully saturated rings. The Hall–Kier alpha value is -2.00. The molecule has 0 atom stereocenters. The number of carbonyl (C=O) groups is 2. The van der Waals surface area contributed by atoms with E-state index in [2.05, 4.69) is 4.74 Å². The molecule has 1 rings (SSSR count). The Morgan fingerprint density at radius 2 is 2.05 bits per heavy atom. The Bertz CT molecular complexity index is 631. The van der Waals surface area contributed by atoms with E-state index >= 15 is 0 Å². The van der Waals surface area contributed by atoms with E-state index in [9.17, 15) is 18.0 Å². The number of ether oxygens (including phenoxy) is 1.